The molecule has 0 aliphatic heterocycles. The third kappa shape index (κ3) is 10.1. The van der Waals surface area contributed by atoms with Crippen molar-refractivity contribution in [3.8, 4) is 0 Å². The van der Waals surface area contributed by atoms with Gasteiger partial charge in [0.2, 0.25) is 0 Å². The van der Waals surface area contributed by atoms with E-state index in [0.717, 1.165) is 11.1 Å². The van der Waals surface area contributed by atoms with Crippen LogP contribution in [0.25, 0.3) is 0 Å². The molecule has 0 radical (unpaired) electrons. The molecule has 0 bridgehead atoms. The maximum atomic E-state index is 5.69. The van der Waals surface area contributed by atoms with Gasteiger partial charge in [-0.2, -0.15) is 0 Å². The van der Waals surface area contributed by atoms with E-state index >= 15 is 0 Å². The van der Waals surface area contributed by atoms with Gasteiger partial charge in [-0.15, -0.1) is 0 Å². The predicted octanol–water partition coefficient (Wildman–Crippen LogP) is 10.6. The van der Waals surface area contributed by atoms with Gasteiger partial charge in [-0.05, 0) is 108 Å². The highest BCUT2D eigenvalue weighted by atomic mass is 17.2. The summed E-state index contributed by atoms with van der Waals surface area (Å²) in [7, 11) is 0. The summed E-state index contributed by atoms with van der Waals surface area (Å²) in [5.41, 5.74) is 3.10. The van der Waals surface area contributed by atoms with Crippen LogP contribution in [0.4, 0.5) is 0 Å². The zero-order valence-electron chi connectivity index (χ0n) is 28.7. The summed E-state index contributed by atoms with van der Waals surface area (Å²) in [6, 6.07) is 29.7. The van der Waals surface area contributed by atoms with Gasteiger partial charge in [0.25, 0.3) is 0 Å². The highest BCUT2D eigenvalue weighted by molar-refractivity contribution is 5.36. The largest absolute Gasteiger partial charge is 0.230 e. The van der Waals surface area contributed by atoms with Gasteiger partial charge in [0.15, 0.2) is 0 Å². The average Bonchev–Trinajstić information content (AvgIpc) is 2.91. The molecule has 0 aliphatic rings. The van der Waals surface area contributed by atoms with Gasteiger partial charge in [-0.25, -0.2) is 19.6 Å². The molecular formula is C38H56O4. The lowest BCUT2D eigenvalue weighted by Gasteiger charge is -2.43. The van der Waals surface area contributed by atoms with Crippen molar-refractivity contribution in [3.63, 3.8) is 0 Å². The van der Waals surface area contributed by atoms with E-state index in [2.05, 4.69) is 94.4 Å². The molecule has 0 saturated carbocycles. The molecule has 0 saturated heterocycles. The molecule has 4 nitrogen and oxygen atoms in total. The molecular weight excluding hydrogens is 520 g/mol. The van der Waals surface area contributed by atoms with E-state index in [1.54, 1.807) is 0 Å². The van der Waals surface area contributed by atoms with Crippen molar-refractivity contribution in [2.45, 2.75) is 130 Å². The van der Waals surface area contributed by atoms with E-state index in [4.69, 9.17) is 19.6 Å². The van der Waals surface area contributed by atoms with Gasteiger partial charge in [0.1, 0.15) is 11.2 Å². The topological polar surface area (TPSA) is 36.9 Å². The van der Waals surface area contributed by atoms with Crippen LogP contribution in [0.15, 0.2) is 84.9 Å². The quantitative estimate of drug-likeness (QED) is 0.188. The molecule has 0 amide bonds. The van der Waals surface area contributed by atoms with Crippen LogP contribution >= 0.6 is 0 Å². The molecule has 0 N–H and O–H groups in total. The lowest BCUT2D eigenvalue weighted by atomic mass is 9.61. The van der Waals surface area contributed by atoms with Crippen molar-refractivity contribution < 1.29 is 19.6 Å². The van der Waals surface area contributed by atoms with Crippen LogP contribution in [0.2, 0.25) is 0 Å². The Balaban J connectivity index is 0.000000305. The molecule has 3 aromatic rings. The summed E-state index contributed by atoms with van der Waals surface area (Å²) in [5.74, 6) is 0. The first-order valence-corrected chi connectivity index (χ1v) is 15.0. The minimum Gasteiger partial charge on any atom is -0.230 e. The number of hydrogen-bond donors (Lipinski definition) is 0. The van der Waals surface area contributed by atoms with E-state index in [1.807, 2.05) is 87.4 Å². The molecule has 0 aromatic heterocycles. The zero-order valence-corrected chi connectivity index (χ0v) is 28.7. The predicted molar refractivity (Wildman–Crippen MR) is 175 cm³/mol. The first-order valence-electron chi connectivity index (χ1n) is 15.0. The third-order valence-corrected chi connectivity index (χ3v) is 7.81. The number of hydrogen-bond acceptors (Lipinski definition) is 4. The first kappa shape index (κ1) is 35.7. The molecule has 0 aliphatic carbocycles. The van der Waals surface area contributed by atoms with Crippen molar-refractivity contribution in [2.75, 3.05) is 0 Å². The van der Waals surface area contributed by atoms with Crippen LogP contribution in [0.5, 0.6) is 0 Å². The molecule has 0 fully saturated rings. The molecule has 42 heavy (non-hydrogen) atoms. The second kappa shape index (κ2) is 13.4. The Kier molecular flexibility index (Phi) is 11.4. The van der Waals surface area contributed by atoms with Gasteiger partial charge in [-0.3, -0.25) is 0 Å². The van der Waals surface area contributed by atoms with Crippen molar-refractivity contribution in [1.29, 1.82) is 0 Å². The molecule has 3 aromatic carbocycles. The minimum atomic E-state index is -0.579. The molecule has 4 heteroatoms. The normalized spacial score (nSPS) is 13.4. The van der Waals surface area contributed by atoms with E-state index in [9.17, 15) is 0 Å². The SMILES string of the molecule is CC(C)(C)OOC(C)(C)c1cccc(C(C)(C)OOC(C)(C)C)c1.CC(C)(c1ccccc1)C(C)(C)c1ccccc1. The molecule has 0 heterocycles. The summed E-state index contributed by atoms with van der Waals surface area (Å²) in [4.78, 5) is 22.4. The Bertz CT molecular complexity index is 1130. The Morgan fingerprint density at radius 3 is 0.905 bits per heavy atom. The summed E-state index contributed by atoms with van der Waals surface area (Å²) in [6.45, 7) is 29.0. The van der Waals surface area contributed by atoms with Crippen LogP contribution < -0.4 is 0 Å². The fourth-order valence-electron chi connectivity index (χ4n) is 4.25. The van der Waals surface area contributed by atoms with E-state index in [-0.39, 0.29) is 22.0 Å². The van der Waals surface area contributed by atoms with E-state index < -0.39 is 11.2 Å². The summed E-state index contributed by atoms with van der Waals surface area (Å²) < 4.78 is 0. The van der Waals surface area contributed by atoms with Gasteiger partial charge < -0.3 is 0 Å². The van der Waals surface area contributed by atoms with Gasteiger partial charge in [-0.1, -0.05) is 107 Å². The molecule has 0 unspecified atom stereocenters. The maximum Gasteiger partial charge on any atom is 0.123 e. The number of benzene rings is 3. The standard InChI is InChI=1S/C20H34O4.C18H22/c1-17(2,3)21-23-19(7,8)15-12-11-13-16(14-15)20(9,10)24-22-18(4,5)6;1-17(2,15-11-7-5-8-12-15)18(3,4)16-13-9-6-10-14-16/h11-14H,1-10H3;5-14H,1-4H3. The van der Waals surface area contributed by atoms with E-state index in [1.165, 1.54) is 11.1 Å². The van der Waals surface area contributed by atoms with Crippen LogP contribution in [0, 0.1) is 0 Å². The summed E-state index contributed by atoms with van der Waals surface area (Å²) in [6.07, 6.45) is 0. The Hall–Kier alpha value is -2.50. The van der Waals surface area contributed by atoms with E-state index in [0.29, 0.717) is 0 Å². The van der Waals surface area contributed by atoms with Gasteiger partial charge >= 0.3 is 0 Å². The molecule has 3 rings (SSSR count). The number of rotatable bonds is 9. The fraction of sp³-hybridized carbons (Fsp3) is 0.526. The average molecular weight is 577 g/mol. The first-order chi connectivity index (χ1) is 19.1. The van der Waals surface area contributed by atoms with Crippen molar-refractivity contribution in [1.82, 2.24) is 0 Å². The molecule has 0 spiro atoms. The Morgan fingerprint density at radius 2 is 0.619 bits per heavy atom. The third-order valence-electron chi connectivity index (χ3n) is 7.81. The highest BCUT2D eigenvalue weighted by Gasteiger charge is 2.39. The van der Waals surface area contributed by atoms with Crippen molar-refractivity contribution >= 4 is 0 Å². The van der Waals surface area contributed by atoms with Crippen LogP contribution in [0.1, 0.15) is 119 Å². The van der Waals surface area contributed by atoms with Crippen LogP contribution in [-0.4, -0.2) is 11.2 Å². The van der Waals surface area contributed by atoms with Crippen molar-refractivity contribution in [3.05, 3.63) is 107 Å². The molecule has 232 valence electrons. The van der Waals surface area contributed by atoms with Gasteiger partial charge in [0.05, 0.1) is 11.2 Å². The Labute approximate surface area is 256 Å². The van der Waals surface area contributed by atoms with Crippen LogP contribution in [-0.2, 0) is 41.6 Å². The minimum absolute atomic E-state index is 0.0929. The lowest BCUT2D eigenvalue weighted by Crippen LogP contribution is -2.40. The second-order valence-corrected chi connectivity index (χ2v) is 15.1. The van der Waals surface area contributed by atoms with Crippen molar-refractivity contribution in [2.24, 2.45) is 0 Å². The monoisotopic (exact) mass is 576 g/mol. The summed E-state index contributed by atoms with van der Waals surface area (Å²) in [5, 5.41) is 0. The fourth-order valence-corrected chi connectivity index (χ4v) is 4.25. The zero-order chi connectivity index (χ0) is 32.0. The maximum absolute atomic E-state index is 5.69. The molecule has 0 atom stereocenters. The van der Waals surface area contributed by atoms with Gasteiger partial charge in [0, 0.05) is 0 Å². The summed E-state index contributed by atoms with van der Waals surface area (Å²) >= 11 is 0. The van der Waals surface area contributed by atoms with Crippen LogP contribution in [0.3, 0.4) is 0 Å². The lowest BCUT2D eigenvalue weighted by molar-refractivity contribution is -0.403. The highest BCUT2D eigenvalue weighted by Crippen LogP contribution is 2.43. The smallest absolute Gasteiger partial charge is 0.123 e. The second-order valence-electron chi connectivity index (χ2n) is 15.1. The Morgan fingerprint density at radius 1 is 0.333 bits per heavy atom.